The van der Waals surface area contributed by atoms with Crippen LogP contribution >= 0.6 is 0 Å². The van der Waals surface area contributed by atoms with Gasteiger partial charge < -0.3 is 15.1 Å². The molecule has 2 atom stereocenters. The van der Waals surface area contributed by atoms with Crippen LogP contribution in [-0.4, -0.2) is 19.1 Å². The Morgan fingerprint density at radius 3 is 3.06 bits per heavy atom. The number of furan rings is 1. The Balaban J connectivity index is 1.92. The molecule has 0 amide bonds. The molecule has 0 aliphatic carbocycles. The fraction of sp³-hybridized carbons (Fsp3) is 0.385. The van der Waals surface area contributed by atoms with Crippen LogP contribution in [0.5, 0.6) is 0 Å². The molecule has 16 heavy (non-hydrogen) atoms. The lowest BCUT2D eigenvalue weighted by molar-refractivity contribution is 0.360. The highest BCUT2D eigenvalue weighted by molar-refractivity contribution is 5.77. The van der Waals surface area contributed by atoms with Crippen LogP contribution in [0.4, 0.5) is 0 Å². The summed E-state index contributed by atoms with van der Waals surface area (Å²) in [5.41, 5.74) is 2.29. The van der Waals surface area contributed by atoms with Gasteiger partial charge in [0.15, 0.2) is 0 Å². The average Bonchev–Trinajstić information content (AvgIpc) is 2.75. The highest BCUT2D eigenvalue weighted by Crippen LogP contribution is 2.22. The van der Waals surface area contributed by atoms with Crippen molar-refractivity contribution in [2.75, 3.05) is 13.1 Å². The van der Waals surface area contributed by atoms with Gasteiger partial charge in [-0.1, -0.05) is 6.07 Å². The summed E-state index contributed by atoms with van der Waals surface area (Å²) < 4.78 is 5.35. The van der Waals surface area contributed by atoms with Gasteiger partial charge in [-0.05, 0) is 30.7 Å². The molecule has 1 aromatic heterocycles. The summed E-state index contributed by atoms with van der Waals surface area (Å²) in [5.74, 6) is 0. The molecule has 1 saturated heterocycles. The predicted octanol–water partition coefficient (Wildman–Crippen LogP) is 2.06. The zero-order valence-corrected chi connectivity index (χ0v) is 9.36. The SMILES string of the molecule is CC1CNCC(c2ccc3occc3c2)N1. The first-order valence-electron chi connectivity index (χ1n) is 5.77. The number of fused-ring (bicyclic) bond motifs is 1. The summed E-state index contributed by atoms with van der Waals surface area (Å²) in [4.78, 5) is 0. The van der Waals surface area contributed by atoms with E-state index in [1.54, 1.807) is 6.26 Å². The molecular formula is C13H16N2O. The number of nitrogens with one attached hydrogen (secondary N) is 2. The monoisotopic (exact) mass is 216 g/mol. The summed E-state index contributed by atoms with van der Waals surface area (Å²) in [6.45, 7) is 4.24. The first-order valence-corrected chi connectivity index (χ1v) is 5.77. The predicted molar refractivity (Wildman–Crippen MR) is 64.4 cm³/mol. The maximum absolute atomic E-state index is 5.35. The summed E-state index contributed by atoms with van der Waals surface area (Å²) in [5, 5.41) is 8.21. The van der Waals surface area contributed by atoms with Gasteiger partial charge in [-0.3, -0.25) is 0 Å². The minimum Gasteiger partial charge on any atom is -0.464 e. The minimum atomic E-state index is 0.406. The van der Waals surface area contributed by atoms with E-state index in [9.17, 15) is 0 Å². The third-order valence-corrected chi connectivity index (χ3v) is 3.16. The van der Waals surface area contributed by atoms with Crippen LogP contribution in [0, 0.1) is 0 Å². The van der Waals surface area contributed by atoms with Gasteiger partial charge in [0.2, 0.25) is 0 Å². The van der Waals surface area contributed by atoms with Gasteiger partial charge in [0.1, 0.15) is 5.58 Å². The molecule has 2 aromatic rings. The number of hydrogen-bond donors (Lipinski definition) is 2. The molecule has 3 heteroatoms. The molecule has 0 saturated carbocycles. The molecule has 2 unspecified atom stereocenters. The van der Waals surface area contributed by atoms with Gasteiger partial charge in [-0.2, -0.15) is 0 Å². The van der Waals surface area contributed by atoms with E-state index in [0.717, 1.165) is 18.7 Å². The van der Waals surface area contributed by atoms with Crippen LogP contribution in [0.2, 0.25) is 0 Å². The molecule has 1 aromatic carbocycles. The van der Waals surface area contributed by atoms with E-state index in [0.29, 0.717) is 12.1 Å². The first-order chi connectivity index (χ1) is 7.83. The maximum Gasteiger partial charge on any atom is 0.133 e. The van der Waals surface area contributed by atoms with Gasteiger partial charge in [0, 0.05) is 30.6 Å². The van der Waals surface area contributed by atoms with E-state index in [-0.39, 0.29) is 0 Å². The first kappa shape index (κ1) is 9.87. The highest BCUT2D eigenvalue weighted by Gasteiger charge is 2.18. The van der Waals surface area contributed by atoms with Crippen LogP contribution in [0.1, 0.15) is 18.5 Å². The summed E-state index contributed by atoms with van der Waals surface area (Å²) in [6, 6.07) is 9.34. The van der Waals surface area contributed by atoms with Crippen molar-refractivity contribution in [2.24, 2.45) is 0 Å². The molecule has 0 bridgehead atoms. The van der Waals surface area contributed by atoms with Crippen LogP contribution in [-0.2, 0) is 0 Å². The second-order valence-corrected chi connectivity index (χ2v) is 4.50. The molecule has 0 radical (unpaired) electrons. The zero-order chi connectivity index (χ0) is 11.0. The molecule has 1 fully saturated rings. The van der Waals surface area contributed by atoms with Crippen LogP contribution in [0.25, 0.3) is 11.0 Å². The quantitative estimate of drug-likeness (QED) is 0.766. The molecule has 0 spiro atoms. The lowest BCUT2D eigenvalue weighted by Crippen LogP contribution is -2.48. The van der Waals surface area contributed by atoms with Crippen LogP contribution in [0.3, 0.4) is 0 Å². The van der Waals surface area contributed by atoms with Gasteiger partial charge in [-0.25, -0.2) is 0 Å². The Morgan fingerprint density at radius 2 is 2.19 bits per heavy atom. The summed E-state index contributed by atoms with van der Waals surface area (Å²) >= 11 is 0. The molecule has 1 aliphatic rings. The van der Waals surface area contributed by atoms with Crippen molar-refractivity contribution in [1.29, 1.82) is 0 Å². The van der Waals surface area contributed by atoms with E-state index in [2.05, 4.69) is 29.7 Å². The maximum atomic E-state index is 5.35. The van der Waals surface area contributed by atoms with Crippen molar-refractivity contribution in [3.8, 4) is 0 Å². The van der Waals surface area contributed by atoms with Crippen molar-refractivity contribution < 1.29 is 4.42 Å². The van der Waals surface area contributed by atoms with E-state index in [4.69, 9.17) is 4.42 Å². The average molecular weight is 216 g/mol. The van der Waals surface area contributed by atoms with Gasteiger partial charge >= 0.3 is 0 Å². The third kappa shape index (κ3) is 1.72. The van der Waals surface area contributed by atoms with E-state index >= 15 is 0 Å². The molecule has 2 heterocycles. The van der Waals surface area contributed by atoms with E-state index in [1.807, 2.05) is 12.1 Å². The zero-order valence-electron chi connectivity index (χ0n) is 9.36. The highest BCUT2D eigenvalue weighted by atomic mass is 16.3. The second-order valence-electron chi connectivity index (χ2n) is 4.50. The van der Waals surface area contributed by atoms with Crippen LogP contribution < -0.4 is 10.6 Å². The van der Waals surface area contributed by atoms with E-state index in [1.165, 1.54) is 10.9 Å². The fourth-order valence-electron chi connectivity index (χ4n) is 2.32. The summed E-state index contributed by atoms with van der Waals surface area (Å²) in [6.07, 6.45) is 1.74. The van der Waals surface area contributed by atoms with E-state index < -0.39 is 0 Å². The number of rotatable bonds is 1. The smallest absolute Gasteiger partial charge is 0.133 e. The molecule has 2 N–H and O–H groups in total. The second kappa shape index (κ2) is 3.92. The standard InChI is InChI=1S/C13H16N2O/c1-9-7-14-8-12(15-9)10-2-3-13-11(6-10)4-5-16-13/h2-6,9,12,14-15H,7-8H2,1H3. The van der Waals surface area contributed by atoms with Gasteiger partial charge in [0.05, 0.1) is 6.26 Å². The molecule has 84 valence electrons. The Labute approximate surface area is 94.8 Å². The van der Waals surface area contributed by atoms with Crippen molar-refractivity contribution in [3.05, 3.63) is 36.1 Å². The molecular weight excluding hydrogens is 200 g/mol. The number of piperazine rings is 1. The Hall–Kier alpha value is -1.32. The van der Waals surface area contributed by atoms with Crippen LogP contribution in [0.15, 0.2) is 34.9 Å². The Bertz CT molecular complexity index is 491. The Kier molecular flexibility index (Phi) is 2.42. The Morgan fingerprint density at radius 1 is 1.25 bits per heavy atom. The van der Waals surface area contributed by atoms with Gasteiger partial charge in [-0.15, -0.1) is 0 Å². The number of hydrogen-bond acceptors (Lipinski definition) is 3. The largest absolute Gasteiger partial charge is 0.464 e. The van der Waals surface area contributed by atoms with Crippen molar-refractivity contribution >= 4 is 11.0 Å². The third-order valence-electron chi connectivity index (χ3n) is 3.16. The molecule has 1 aliphatic heterocycles. The lowest BCUT2D eigenvalue weighted by Gasteiger charge is -2.30. The lowest BCUT2D eigenvalue weighted by atomic mass is 10.0. The topological polar surface area (TPSA) is 37.2 Å². The normalized spacial score (nSPS) is 26.1. The molecule has 3 nitrogen and oxygen atoms in total. The minimum absolute atomic E-state index is 0.406. The van der Waals surface area contributed by atoms with Crippen molar-refractivity contribution in [3.63, 3.8) is 0 Å². The fourth-order valence-corrected chi connectivity index (χ4v) is 2.32. The van der Waals surface area contributed by atoms with Crippen molar-refractivity contribution in [1.82, 2.24) is 10.6 Å². The van der Waals surface area contributed by atoms with Crippen molar-refractivity contribution in [2.45, 2.75) is 19.0 Å². The molecule has 3 rings (SSSR count). The summed E-state index contributed by atoms with van der Waals surface area (Å²) in [7, 11) is 0. The number of benzene rings is 1. The van der Waals surface area contributed by atoms with Gasteiger partial charge in [0.25, 0.3) is 0 Å².